The molecule has 1 atom stereocenters. The van der Waals surface area contributed by atoms with Crippen LogP contribution in [0.2, 0.25) is 0 Å². The number of ether oxygens (including phenoxy) is 2. The van der Waals surface area contributed by atoms with Gasteiger partial charge in [0.1, 0.15) is 5.75 Å². The molecule has 0 aliphatic heterocycles. The lowest BCUT2D eigenvalue weighted by Gasteiger charge is -2.15. The van der Waals surface area contributed by atoms with E-state index in [-0.39, 0.29) is 6.10 Å². The quantitative estimate of drug-likeness (QED) is 0.136. The van der Waals surface area contributed by atoms with E-state index in [9.17, 15) is 0 Å². The van der Waals surface area contributed by atoms with Crippen molar-refractivity contribution in [3.63, 3.8) is 0 Å². The van der Waals surface area contributed by atoms with Gasteiger partial charge in [0, 0.05) is 6.61 Å². The number of hydrogen-bond acceptors (Lipinski definition) is 2. The lowest BCUT2D eigenvalue weighted by molar-refractivity contribution is 0.0627. The van der Waals surface area contributed by atoms with Crippen LogP contribution < -0.4 is 4.74 Å². The van der Waals surface area contributed by atoms with Crippen LogP contribution in [-0.4, -0.2) is 13.2 Å². The maximum Gasteiger partial charge on any atom is 0.119 e. The number of benzene rings is 3. The Morgan fingerprint density at radius 1 is 0.513 bits per heavy atom. The van der Waals surface area contributed by atoms with Gasteiger partial charge in [-0.1, -0.05) is 145 Å². The molecule has 3 rings (SSSR count). The Balaban J connectivity index is 1.49. The first kappa shape index (κ1) is 31.0. The fraction of sp³-hybridized carbons (Fsp3) is 0.514. The lowest BCUT2D eigenvalue weighted by Crippen LogP contribution is -2.02. The molecule has 2 heteroatoms. The highest BCUT2D eigenvalue weighted by atomic mass is 16.5. The third-order valence-electron chi connectivity index (χ3n) is 7.67. The standard InChI is InChI=1S/C37H52O2/c1-4-6-8-10-11-12-14-17-29-38-31(3)32-21-23-33(24-22-32)36-19-15-16-20-37(36)34-25-27-35(28-26-34)39-30-18-13-9-7-5-2/h15-16,19-28,31H,4-14,17-18,29-30H2,1-3H3. The average Bonchev–Trinajstić information content (AvgIpc) is 2.98. The minimum Gasteiger partial charge on any atom is -0.494 e. The van der Waals surface area contributed by atoms with E-state index in [0.29, 0.717) is 0 Å². The van der Waals surface area contributed by atoms with Gasteiger partial charge in [-0.15, -0.1) is 0 Å². The third-order valence-corrected chi connectivity index (χ3v) is 7.67. The van der Waals surface area contributed by atoms with E-state index in [4.69, 9.17) is 9.47 Å². The number of hydrogen-bond donors (Lipinski definition) is 0. The van der Waals surface area contributed by atoms with Gasteiger partial charge in [0.2, 0.25) is 0 Å². The predicted molar refractivity (Wildman–Crippen MR) is 169 cm³/mol. The molecule has 0 fully saturated rings. The summed E-state index contributed by atoms with van der Waals surface area (Å²) in [4.78, 5) is 0. The molecule has 3 aromatic rings. The van der Waals surface area contributed by atoms with Gasteiger partial charge in [0.25, 0.3) is 0 Å². The predicted octanol–water partition coefficient (Wildman–Crippen LogP) is 11.6. The minimum absolute atomic E-state index is 0.123. The van der Waals surface area contributed by atoms with Gasteiger partial charge in [-0.2, -0.15) is 0 Å². The normalized spacial score (nSPS) is 12.0. The Kier molecular flexibility index (Phi) is 14.8. The molecule has 0 radical (unpaired) electrons. The highest BCUT2D eigenvalue weighted by molar-refractivity contribution is 5.83. The monoisotopic (exact) mass is 528 g/mol. The molecular weight excluding hydrogens is 476 g/mol. The van der Waals surface area contributed by atoms with E-state index in [1.165, 1.54) is 98.4 Å². The van der Waals surface area contributed by atoms with Gasteiger partial charge >= 0.3 is 0 Å². The highest BCUT2D eigenvalue weighted by Gasteiger charge is 2.10. The molecule has 1 unspecified atom stereocenters. The van der Waals surface area contributed by atoms with Gasteiger partial charge in [-0.05, 0) is 59.7 Å². The summed E-state index contributed by atoms with van der Waals surface area (Å²) in [7, 11) is 0. The fourth-order valence-electron chi connectivity index (χ4n) is 5.14. The summed E-state index contributed by atoms with van der Waals surface area (Å²) in [6.45, 7) is 8.34. The van der Waals surface area contributed by atoms with Crippen molar-refractivity contribution in [1.29, 1.82) is 0 Å². The van der Waals surface area contributed by atoms with E-state index in [1.54, 1.807) is 0 Å². The van der Waals surface area contributed by atoms with E-state index < -0.39 is 0 Å². The first-order valence-electron chi connectivity index (χ1n) is 15.8. The van der Waals surface area contributed by atoms with Crippen LogP contribution in [0.4, 0.5) is 0 Å². The summed E-state index contributed by atoms with van der Waals surface area (Å²) >= 11 is 0. The van der Waals surface area contributed by atoms with Crippen LogP contribution in [-0.2, 0) is 4.74 Å². The largest absolute Gasteiger partial charge is 0.494 e. The Morgan fingerprint density at radius 3 is 1.51 bits per heavy atom. The van der Waals surface area contributed by atoms with Gasteiger partial charge in [-0.25, -0.2) is 0 Å². The molecule has 0 bridgehead atoms. The molecule has 0 amide bonds. The van der Waals surface area contributed by atoms with Crippen molar-refractivity contribution in [2.24, 2.45) is 0 Å². The maximum atomic E-state index is 6.16. The van der Waals surface area contributed by atoms with E-state index >= 15 is 0 Å². The van der Waals surface area contributed by atoms with E-state index in [0.717, 1.165) is 31.8 Å². The Labute approximate surface area is 239 Å². The first-order valence-corrected chi connectivity index (χ1v) is 15.8. The molecule has 0 heterocycles. The zero-order chi connectivity index (χ0) is 27.5. The molecule has 0 N–H and O–H groups in total. The van der Waals surface area contributed by atoms with E-state index in [1.807, 2.05) is 0 Å². The van der Waals surface area contributed by atoms with Crippen molar-refractivity contribution in [1.82, 2.24) is 0 Å². The second kappa shape index (κ2) is 18.7. The molecule has 39 heavy (non-hydrogen) atoms. The van der Waals surface area contributed by atoms with Crippen molar-refractivity contribution >= 4 is 0 Å². The molecule has 0 spiro atoms. The summed E-state index contributed by atoms with van der Waals surface area (Å²) in [6, 6.07) is 26.2. The Hall–Kier alpha value is -2.58. The summed E-state index contributed by atoms with van der Waals surface area (Å²) in [6.07, 6.45) is 17.0. The molecule has 3 aromatic carbocycles. The number of rotatable bonds is 20. The van der Waals surface area contributed by atoms with Crippen LogP contribution in [0, 0.1) is 0 Å². The van der Waals surface area contributed by atoms with Gasteiger partial charge in [0.05, 0.1) is 12.7 Å². The van der Waals surface area contributed by atoms with Crippen LogP contribution in [0.1, 0.15) is 116 Å². The van der Waals surface area contributed by atoms with Crippen molar-refractivity contribution in [2.75, 3.05) is 13.2 Å². The molecular formula is C37H52O2. The van der Waals surface area contributed by atoms with Crippen LogP contribution in [0.15, 0.2) is 72.8 Å². The Bertz CT molecular complexity index is 1020. The van der Waals surface area contributed by atoms with Crippen LogP contribution >= 0.6 is 0 Å². The summed E-state index contributed by atoms with van der Waals surface area (Å²) in [5, 5.41) is 0. The fourth-order valence-corrected chi connectivity index (χ4v) is 5.14. The molecule has 0 saturated heterocycles. The zero-order valence-corrected chi connectivity index (χ0v) is 24.9. The number of unbranched alkanes of at least 4 members (excludes halogenated alkanes) is 11. The van der Waals surface area contributed by atoms with Gasteiger partial charge in [-0.3, -0.25) is 0 Å². The van der Waals surface area contributed by atoms with E-state index in [2.05, 4.69) is 93.6 Å². The van der Waals surface area contributed by atoms with Gasteiger partial charge in [0.15, 0.2) is 0 Å². The van der Waals surface area contributed by atoms with Crippen LogP contribution in [0.3, 0.4) is 0 Å². The summed E-state index contributed by atoms with van der Waals surface area (Å²) in [5.41, 5.74) is 6.19. The molecule has 0 saturated carbocycles. The average molecular weight is 529 g/mol. The Morgan fingerprint density at radius 2 is 0.974 bits per heavy atom. The first-order chi connectivity index (χ1) is 19.2. The second-order valence-corrected chi connectivity index (χ2v) is 10.9. The van der Waals surface area contributed by atoms with Crippen LogP contribution in [0.5, 0.6) is 5.75 Å². The third kappa shape index (κ3) is 11.2. The smallest absolute Gasteiger partial charge is 0.119 e. The van der Waals surface area contributed by atoms with Crippen molar-refractivity contribution in [2.45, 2.75) is 110 Å². The SMILES string of the molecule is CCCCCCCCCCOC(C)c1ccc(-c2ccccc2-c2ccc(OCCCCCCC)cc2)cc1. The molecule has 0 aliphatic rings. The topological polar surface area (TPSA) is 18.5 Å². The molecule has 0 aromatic heterocycles. The van der Waals surface area contributed by atoms with Crippen molar-refractivity contribution in [3.05, 3.63) is 78.4 Å². The van der Waals surface area contributed by atoms with Crippen LogP contribution in [0.25, 0.3) is 22.3 Å². The highest BCUT2D eigenvalue weighted by Crippen LogP contribution is 2.33. The van der Waals surface area contributed by atoms with Gasteiger partial charge < -0.3 is 9.47 Å². The molecule has 2 nitrogen and oxygen atoms in total. The van der Waals surface area contributed by atoms with Crippen molar-refractivity contribution < 1.29 is 9.47 Å². The molecule has 0 aliphatic carbocycles. The molecule has 212 valence electrons. The summed E-state index contributed by atoms with van der Waals surface area (Å²) < 4.78 is 12.1. The summed E-state index contributed by atoms with van der Waals surface area (Å²) in [5.74, 6) is 0.956. The zero-order valence-electron chi connectivity index (χ0n) is 24.9. The lowest BCUT2D eigenvalue weighted by atomic mass is 9.94. The minimum atomic E-state index is 0.123. The second-order valence-electron chi connectivity index (χ2n) is 10.9. The maximum absolute atomic E-state index is 6.16. The van der Waals surface area contributed by atoms with Crippen molar-refractivity contribution in [3.8, 4) is 28.0 Å².